The number of hydrogen-bond donors (Lipinski definition) is 1. The molecule has 1 N–H and O–H groups in total. The predicted octanol–water partition coefficient (Wildman–Crippen LogP) is 4.69. The van der Waals surface area contributed by atoms with Crippen LogP contribution in [0.1, 0.15) is 16.3 Å². The third kappa shape index (κ3) is 3.72. The van der Waals surface area contributed by atoms with Gasteiger partial charge < -0.3 is 4.98 Å². The minimum absolute atomic E-state index is 0.598. The summed E-state index contributed by atoms with van der Waals surface area (Å²) in [6.45, 7) is 0. The lowest BCUT2D eigenvalue weighted by Gasteiger charge is -2.03. The Morgan fingerprint density at radius 3 is 2.64 bits per heavy atom. The van der Waals surface area contributed by atoms with Crippen molar-refractivity contribution in [3.05, 3.63) is 88.4 Å². The highest BCUT2D eigenvalue weighted by atomic mass is 32.1. The van der Waals surface area contributed by atoms with E-state index in [1.165, 1.54) is 0 Å². The van der Waals surface area contributed by atoms with Gasteiger partial charge in [0, 0.05) is 4.88 Å². The lowest BCUT2D eigenvalue weighted by molar-refractivity contribution is 1.08. The van der Waals surface area contributed by atoms with E-state index >= 15 is 0 Å². The van der Waals surface area contributed by atoms with E-state index in [1.54, 1.807) is 17.6 Å². The molecule has 0 amide bonds. The highest BCUT2D eigenvalue weighted by Gasteiger charge is 2.09. The number of aromatic amines is 1. The van der Waals surface area contributed by atoms with E-state index in [0.29, 0.717) is 6.42 Å². The van der Waals surface area contributed by atoms with Crippen LogP contribution in [-0.4, -0.2) is 21.9 Å². The summed E-state index contributed by atoms with van der Waals surface area (Å²) in [4.78, 5) is 9.09. The van der Waals surface area contributed by atoms with E-state index in [1.807, 2.05) is 72.1 Å². The van der Waals surface area contributed by atoms with Crippen molar-refractivity contribution in [1.29, 1.82) is 0 Å². The van der Waals surface area contributed by atoms with Gasteiger partial charge in [-0.05, 0) is 29.1 Å². The molecule has 122 valence electrons. The van der Waals surface area contributed by atoms with Crippen molar-refractivity contribution in [2.75, 3.05) is 0 Å². The molecule has 0 bridgehead atoms. The van der Waals surface area contributed by atoms with Gasteiger partial charge in [-0.3, -0.25) is 0 Å². The molecule has 4 aromatic rings. The second-order valence-corrected chi connectivity index (χ2v) is 6.53. The monoisotopic (exact) mass is 344 g/mol. The second-order valence-electron chi connectivity index (χ2n) is 5.55. The van der Waals surface area contributed by atoms with Crippen molar-refractivity contribution in [2.24, 2.45) is 10.2 Å². The van der Waals surface area contributed by atoms with Crippen LogP contribution in [0.4, 0.5) is 0 Å². The molecule has 0 saturated heterocycles. The van der Waals surface area contributed by atoms with Gasteiger partial charge in [0.2, 0.25) is 0 Å². The first kappa shape index (κ1) is 15.5. The van der Waals surface area contributed by atoms with Gasteiger partial charge in [0.05, 0.1) is 29.4 Å². The third-order valence-corrected chi connectivity index (χ3v) is 4.59. The molecule has 0 unspecified atom stereocenters. The fourth-order valence-corrected chi connectivity index (χ4v) is 3.17. The number of nitrogens with one attached hydrogen (secondary N) is 1. The van der Waals surface area contributed by atoms with E-state index in [0.717, 1.165) is 33.0 Å². The summed E-state index contributed by atoms with van der Waals surface area (Å²) in [5.41, 5.74) is 3.93. The average molecular weight is 344 g/mol. The maximum absolute atomic E-state index is 4.65. The molecule has 2 heterocycles. The maximum Gasteiger partial charge on any atom is 0.113 e. The lowest BCUT2D eigenvalue weighted by atomic mass is 10.1. The van der Waals surface area contributed by atoms with E-state index in [2.05, 4.69) is 20.2 Å². The number of hydrogen-bond acceptors (Lipinski definition) is 4. The molecule has 0 saturated carbocycles. The van der Waals surface area contributed by atoms with Crippen molar-refractivity contribution in [1.82, 2.24) is 9.97 Å². The SMILES string of the molecule is C(=N\N=C(\Cc1nc2ccccc2[nH]1)c1ccccc1)/c1cccs1. The van der Waals surface area contributed by atoms with E-state index in [-0.39, 0.29) is 0 Å². The van der Waals surface area contributed by atoms with Crippen molar-refractivity contribution >= 4 is 34.3 Å². The average Bonchev–Trinajstić information content (AvgIpc) is 3.30. The predicted molar refractivity (Wildman–Crippen MR) is 105 cm³/mol. The first-order valence-corrected chi connectivity index (χ1v) is 8.89. The first-order valence-electron chi connectivity index (χ1n) is 8.01. The lowest BCUT2D eigenvalue weighted by Crippen LogP contribution is -2.06. The summed E-state index contributed by atoms with van der Waals surface area (Å²) in [7, 11) is 0. The maximum atomic E-state index is 4.65. The summed E-state index contributed by atoms with van der Waals surface area (Å²) < 4.78 is 0. The Labute approximate surface area is 149 Å². The Bertz CT molecular complexity index is 981. The Morgan fingerprint density at radius 2 is 1.84 bits per heavy atom. The molecule has 2 aromatic heterocycles. The number of imidazole rings is 1. The molecule has 0 spiro atoms. The molecule has 0 atom stereocenters. The third-order valence-electron chi connectivity index (χ3n) is 3.79. The summed E-state index contributed by atoms with van der Waals surface area (Å²) in [6.07, 6.45) is 2.38. The molecule has 2 aromatic carbocycles. The number of benzene rings is 2. The standard InChI is InChI=1S/C20H16N4S/c1-2-7-15(8-3-1)19(24-21-14-16-9-6-12-25-16)13-20-22-17-10-4-5-11-18(17)23-20/h1-12,14H,13H2,(H,22,23)/b21-14+,24-19-. The molecule has 0 fully saturated rings. The zero-order valence-corrected chi connectivity index (χ0v) is 14.3. The molecular formula is C20H16N4S. The Hall–Kier alpha value is -3.05. The van der Waals surface area contributed by atoms with Gasteiger partial charge >= 0.3 is 0 Å². The molecular weight excluding hydrogens is 328 g/mol. The summed E-state index contributed by atoms with van der Waals surface area (Å²) in [6, 6.07) is 22.1. The summed E-state index contributed by atoms with van der Waals surface area (Å²) in [5.74, 6) is 0.884. The topological polar surface area (TPSA) is 53.4 Å². The Morgan fingerprint density at radius 1 is 1.00 bits per heavy atom. The van der Waals surface area contributed by atoms with Gasteiger partial charge in [-0.2, -0.15) is 10.2 Å². The van der Waals surface area contributed by atoms with Crippen LogP contribution in [0, 0.1) is 0 Å². The number of fused-ring (bicyclic) bond motifs is 1. The van der Waals surface area contributed by atoms with Crippen LogP contribution in [0.2, 0.25) is 0 Å². The fraction of sp³-hybridized carbons (Fsp3) is 0.0500. The largest absolute Gasteiger partial charge is 0.342 e. The van der Waals surface area contributed by atoms with Crippen LogP contribution in [0.15, 0.2) is 82.3 Å². The van der Waals surface area contributed by atoms with E-state index in [9.17, 15) is 0 Å². The summed E-state index contributed by atoms with van der Waals surface area (Å²) >= 11 is 1.64. The Kier molecular flexibility index (Phi) is 4.48. The number of para-hydroxylation sites is 2. The number of nitrogens with zero attached hydrogens (tertiary/aromatic N) is 3. The minimum atomic E-state index is 0.598. The number of H-pyrrole nitrogens is 1. The van der Waals surface area contributed by atoms with Gasteiger partial charge in [0.15, 0.2) is 0 Å². The molecule has 0 aliphatic heterocycles. The second kappa shape index (κ2) is 7.23. The number of rotatable bonds is 5. The van der Waals surface area contributed by atoms with E-state index < -0.39 is 0 Å². The van der Waals surface area contributed by atoms with Crippen molar-refractivity contribution < 1.29 is 0 Å². The molecule has 0 aliphatic carbocycles. The van der Waals surface area contributed by atoms with Crippen LogP contribution >= 0.6 is 11.3 Å². The van der Waals surface area contributed by atoms with Gasteiger partial charge in [0.1, 0.15) is 5.82 Å². The number of aromatic nitrogens is 2. The molecule has 5 heteroatoms. The van der Waals surface area contributed by atoms with Gasteiger partial charge in [-0.25, -0.2) is 4.98 Å². The van der Waals surface area contributed by atoms with Gasteiger partial charge in [0.25, 0.3) is 0 Å². The molecule has 4 rings (SSSR count). The molecule has 0 radical (unpaired) electrons. The molecule has 0 aliphatic rings. The van der Waals surface area contributed by atoms with Crippen LogP contribution in [0.3, 0.4) is 0 Å². The van der Waals surface area contributed by atoms with Crippen LogP contribution < -0.4 is 0 Å². The van der Waals surface area contributed by atoms with Crippen molar-refractivity contribution in [2.45, 2.75) is 6.42 Å². The zero-order chi connectivity index (χ0) is 16.9. The van der Waals surface area contributed by atoms with E-state index in [4.69, 9.17) is 0 Å². The minimum Gasteiger partial charge on any atom is -0.342 e. The van der Waals surface area contributed by atoms with Crippen LogP contribution in [0.25, 0.3) is 11.0 Å². The van der Waals surface area contributed by atoms with Crippen LogP contribution in [0.5, 0.6) is 0 Å². The molecule has 4 nitrogen and oxygen atoms in total. The zero-order valence-electron chi connectivity index (χ0n) is 13.5. The number of thiophene rings is 1. The smallest absolute Gasteiger partial charge is 0.113 e. The summed E-state index contributed by atoms with van der Waals surface area (Å²) in [5, 5.41) is 10.8. The van der Waals surface area contributed by atoms with Gasteiger partial charge in [-0.15, -0.1) is 11.3 Å². The highest BCUT2D eigenvalue weighted by molar-refractivity contribution is 7.11. The normalized spacial score (nSPS) is 12.2. The Balaban J connectivity index is 1.65. The molecule has 25 heavy (non-hydrogen) atoms. The fourth-order valence-electron chi connectivity index (χ4n) is 2.59. The van der Waals surface area contributed by atoms with Crippen LogP contribution in [-0.2, 0) is 6.42 Å². The quantitative estimate of drug-likeness (QED) is 0.414. The van der Waals surface area contributed by atoms with Crippen molar-refractivity contribution in [3.8, 4) is 0 Å². The van der Waals surface area contributed by atoms with Gasteiger partial charge in [-0.1, -0.05) is 48.5 Å². The first-order chi connectivity index (χ1) is 12.4. The van der Waals surface area contributed by atoms with Crippen molar-refractivity contribution in [3.63, 3.8) is 0 Å². The highest BCUT2D eigenvalue weighted by Crippen LogP contribution is 2.13.